The largest absolute Gasteiger partial charge is 0.0795 e. The maximum atomic E-state index is 2.27. The lowest BCUT2D eigenvalue weighted by atomic mass is 9.93. The van der Waals surface area contributed by atoms with Crippen LogP contribution in [0.3, 0.4) is 0 Å². The van der Waals surface area contributed by atoms with E-state index in [4.69, 9.17) is 0 Å². The number of hydrogen-bond donors (Lipinski definition) is 0. The molecule has 0 radical (unpaired) electrons. The van der Waals surface area contributed by atoms with Gasteiger partial charge >= 0.3 is 0 Å². The van der Waals surface area contributed by atoms with Gasteiger partial charge in [0.05, 0.1) is 0 Å². The Labute approximate surface area is 258 Å². The van der Waals surface area contributed by atoms with Crippen LogP contribution in [0.5, 0.6) is 0 Å². The molecule has 8 aromatic carbocycles. The van der Waals surface area contributed by atoms with E-state index < -0.39 is 0 Å². The van der Waals surface area contributed by atoms with Gasteiger partial charge in [-0.25, -0.2) is 0 Å². The van der Waals surface area contributed by atoms with E-state index in [1.807, 2.05) is 0 Å². The van der Waals surface area contributed by atoms with E-state index >= 15 is 0 Å². The van der Waals surface area contributed by atoms with Crippen LogP contribution in [-0.4, -0.2) is 0 Å². The summed E-state index contributed by atoms with van der Waals surface area (Å²) in [6.45, 7) is 0. The average molecular weight is 561 g/mol. The standard InChI is InChI=1S/C18H12.2C13H10/c1-2-6-14-10-18-12-16-8-4-3-7-15(16)11-17(18)9-13(14)5-1;2*1-4-10-6-2-8-12-9-3-7-11(5-1)13(10)12/h1-12H;2*1-8H,9H2. The van der Waals surface area contributed by atoms with Gasteiger partial charge in [-0.2, -0.15) is 0 Å². The van der Waals surface area contributed by atoms with E-state index in [-0.39, 0.29) is 0 Å². The first-order valence-corrected chi connectivity index (χ1v) is 15.5. The Morgan fingerprint density at radius 3 is 1.02 bits per heavy atom. The topological polar surface area (TPSA) is 0 Å². The molecular weight excluding hydrogens is 528 g/mol. The molecule has 208 valence electrons. The minimum Gasteiger partial charge on any atom is -0.0795 e. The third-order valence-electron chi connectivity index (χ3n) is 8.89. The molecule has 0 heterocycles. The third kappa shape index (κ3) is 4.95. The lowest BCUT2D eigenvalue weighted by Gasteiger charge is -2.11. The molecule has 2 aliphatic rings. The van der Waals surface area contributed by atoms with Crippen LogP contribution in [0.15, 0.2) is 158 Å². The Morgan fingerprint density at radius 2 is 0.636 bits per heavy atom. The number of rotatable bonds is 0. The molecular formula is C44H32. The van der Waals surface area contributed by atoms with Gasteiger partial charge in [0.25, 0.3) is 0 Å². The minimum absolute atomic E-state index is 1.08. The zero-order valence-electron chi connectivity index (χ0n) is 24.6. The van der Waals surface area contributed by atoms with Crippen molar-refractivity contribution < 1.29 is 0 Å². The van der Waals surface area contributed by atoms with Crippen molar-refractivity contribution >= 4 is 66.0 Å². The van der Waals surface area contributed by atoms with E-state index in [0.717, 1.165) is 12.8 Å². The summed E-state index contributed by atoms with van der Waals surface area (Å²) in [5.41, 5.74) is 5.63. The molecule has 0 saturated carbocycles. The van der Waals surface area contributed by atoms with Crippen molar-refractivity contribution in [3.63, 3.8) is 0 Å². The molecule has 0 spiro atoms. The summed E-state index contributed by atoms with van der Waals surface area (Å²) in [5, 5.41) is 13.4. The summed E-state index contributed by atoms with van der Waals surface area (Å²) < 4.78 is 0. The van der Waals surface area contributed by atoms with Gasteiger partial charge < -0.3 is 0 Å². The van der Waals surface area contributed by atoms with Crippen molar-refractivity contribution in [1.29, 1.82) is 0 Å². The molecule has 44 heavy (non-hydrogen) atoms. The first-order valence-electron chi connectivity index (χ1n) is 15.5. The highest BCUT2D eigenvalue weighted by Crippen LogP contribution is 2.30. The summed E-state index contributed by atoms with van der Waals surface area (Å²) in [5.74, 6) is 0. The number of hydrogen-bond acceptors (Lipinski definition) is 0. The predicted octanol–water partition coefficient (Wildman–Crippen LogP) is 12.0. The minimum atomic E-state index is 1.08. The Kier molecular flexibility index (Phi) is 6.74. The molecule has 2 aliphatic carbocycles. The normalized spacial score (nSPS) is 12.6. The fraction of sp³-hybridized carbons (Fsp3) is 0.0455. The van der Waals surface area contributed by atoms with E-state index in [2.05, 4.69) is 170 Å². The molecule has 0 heteroatoms. The lowest BCUT2D eigenvalue weighted by Crippen LogP contribution is -1.91. The van der Waals surface area contributed by atoms with Crippen LogP contribution in [0.25, 0.3) is 66.0 Å². The van der Waals surface area contributed by atoms with Crippen molar-refractivity contribution in [2.24, 2.45) is 0 Å². The molecule has 0 atom stereocenters. The van der Waals surface area contributed by atoms with Gasteiger partial charge in [-0.05, 0) is 113 Å². The van der Waals surface area contributed by atoms with Crippen molar-refractivity contribution in [3.05, 3.63) is 180 Å². The summed E-state index contributed by atoms with van der Waals surface area (Å²) in [7, 11) is 0. The van der Waals surface area contributed by atoms with Crippen molar-refractivity contribution in [2.45, 2.75) is 12.8 Å². The first kappa shape index (κ1) is 26.2. The van der Waals surface area contributed by atoms with Gasteiger partial charge in [0.2, 0.25) is 0 Å². The monoisotopic (exact) mass is 560 g/mol. The molecule has 0 unspecified atom stereocenters. The van der Waals surface area contributed by atoms with Crippen LogP contribution in [0.1, 0.15) is 22.3 Å². The van der Waals surface area contributed by atoms with Crippen LogP contribution in [-0.2, 0) is 12.8 Å². The zero-order valence-corrected chi connectivity index (χ0v) is 24.6. The van der Waals surface area contributed by atoms with E-state index in [1.165, 1.54) is 76.1 Å². The maximum Gasteiger partial charge on any atom is -0.00763 e. The number of allylic oxidation sites excluding steroid dienone is 2. The van der Waals surface area contributed by atoms with Crippen LogP contribution < -0.4 is 0 Å². The van der Waals surface area contributed by atoms with Gasteiger partial charge in [-0.1, -0.05) is 146 Å². The Hall–Kier alpha value is -5.46. The highest BCUT2D eigenvalue weighted by atomic mass is 14.1. The highest BCUT2D eigenvalue weighted by molar-refractivity contribution is 6.04. The molecule has 0 nitrogen and oxygen atoms in total. The molecule has 0 aliphatic heterocycles. The van der Waals surface area contributed by atoms with Crippen molar-refractivity contribution in [1.82, 2.24) is 0 Å². The summed E-state index contributed by atoms with van der Waals surface area (Å²) in [6, 6.07) is 52.2. The molecule has 0 saturated heterocycles. The molecule has 0 bridgehead atoms. The van der Waals surface area contributed by atoms with Crippen LogP contribution in [0, 0.1) is 0 Å². The van der Waals surface area contributed by atoms with Crippen LogP contribution in [0.2, 0.25) is 0 Å². The molecule has 10 rings (SSSR count). The Morgan fingerprint density at radius 1 is 0.295 bits per heavy atom. The maximum absolute atomic E-state index is 2.27. The third-order valence-corrected chi connectivity index (χ3v) is 8.89. The van der Waals surface area contributed by atoms with E-state index in [0.29, 0.717) is 0 Å². The zero-order chi connectivity index (χ0) is 29.3. The summed E-state index contributed by atoms with van der Waals surface area (Å²) in [6.07, 6.45) is 11.1. The van der Waals surface area contributed by atoms with E-state index in [1.54, 1.807) is 0 Å². The van der Waals surface area contributed by atoms with Crippen molar-refractivity contribution in [2.75, 3.05) is 0 Å². The smallest absolute Gasteiger partial charge is 0.00763 e. The van der Waals surface area contributed by atoms with Crippen LogP contribution >= 0.6 is 0 Å². The van der Waals surface area contributed by atoms with Gasteiger partial charge in [-0.15, -0.1) is 0 Å². The summed E-state index contributed by atoms with van der Waals surface area (Å²) >= 11 is 0. The highest BCUT2D eigenvalue weighted by Gasteiger charge is 2.07. The average Bonchev–Trinajstić information content (AvgIpc) is 3.08. The van der Waals surface area contributed by atoms with Gasteiger partial charge in [0, 0.05) is 0 Å². The molecule has 0 aromatic heterocycles. The second kappa shape index (κ2) is 11.3. The van der Waals surface area contributed by atoms with Crippen molar-refractivity contribution in [3.8, 4) is 0 Å². The molecule has 0 N–H and O–H groups in total. The second-order valence-corrected chi connectivity index (χ2v) is 11.7. The fourth-order valence-corrected chi connectivity index (χ4v) is 6.78. The van der Waals surface area contributed by atoms with Gasteiger partial charge in [0.1, 0.15) is 0 Å². The van der Waals surface area contributed by atoms with Gasteiger partial charge in [0.15, 0.2) is 0 Å². The fourth-order valence-electron chi connectivity index (χ4n) is 6.78. The second-order valence-electron chi connectivity index (χ2n) is 11.7. The Bertz CT molecular complexity index is 2140. The quantitative estimate of drug-likeness (QED) is 0.162. The molecule has 0 amide bonds. The Balaban J connectivity index is 0.000000101. The molecule has 8 aromatic rings. The summed E-state index contributed by atoms with van der Waals surface area (Å²) in [4.78, 5) is 0. The SMILES string of the molecule is C1=Cc2cccc3cccc(c23)C1.C1=Cc2cccc3cccc(c23)C1.c1ccc2cc3cc4ccccc4cc3cc2c1. The first-order chi connectivity index (χ1) is 21.8. The lowest BCUT2D eigenvalue weighted by molar-refractivity contribution is 1.29. The number of fused-ring (bicyclic) bond motifs is 3. The van der Waals surface area contributed by atoms with Crippen LogP contribution in [0.4, 0.5) is 0 Å². The van der Waals surface area contributed by atoms with E-state index in [9.17, 15) is 0 Å². The number of benzene rings is 8. The van der Waals surface area contributed by atoms with Gasteiger partial charge in [-0.3, -0.25) is 0 Å². The predicted molar refractivity (Wildman–Crippen MR) is 192 cm³/mol. The molecule has 0 fully saturated rings.